The second-order valence-electron chi connectivity index (χ2n) is 1.87. The summed E-state index contributed by atoms with van der Waals surface area (Å²) in [6.45, 7) is 0. The number of halogens is 4. The topological polar surface area (TPSA) is 0 Å². The lowest BCUT2D eigenvalue weighted by atomic mass is 10.3. The second-order valence-corrected chi connectivity index (χ2v) is 4.14. The van der Waals surface area contributed by atoms with E-state index in [1.165, 1.54) is 11.3 Å². The molecule has 0 aliphatic rings. The molecule has 0 amide bonds. The van der Waals surface area contributed by atoms with Gasteiger partial charge in [-0.2, -0.15) is 0 Å². The first-order chi connectivity index (χ1) is 5.13. The van der Waals surface area contributed by atoms with Gasteiger partial charge in [-0.05, 0) is 27.4 Å². The van der Waals surface area contributed by atoms with Gasteiger partial charge in [0.25, 0.3) is 6.43 Å². The van der Waals surface area contributed by atoms with Crippen molar-refractivity contribution in [3.8, 4) is 0 Å². The molecule has 0 nitrogen and oxygen atoms in total. The van der Waals surface area contributed by atoms with E-state index >= 15 is 0 Å². The van der Waals surface area contributed by atoms with Gasteiger partial charge in [0.2, 0.25) is 0 Å². The molecule has 0 N–H and O–H groups in total. The minimum Gasteiger partial charge on any atom is -0.208 e. The normalized spacial score (nSPS) is 13.9. The second kappa shape index (κ2) is 3.83. The highest BCUT2D eigenvalue weighted by atomic mass is 79.9. The van der Waals surface area contributed by atoms with Gasteiger partial charge in [-0.15, -0.1) is 22.9 Å². The van der Waals surface area contributed by atoms with Crippen LogP contribution < -0.4 is 0 Å². The number of thiophene rings is 1. The Morgan fingerprint density at radius 2 is 2.18 bits per heavy atom. The maximum absolute atomic E-state index is 12.0. The molecule has 0 aliphatic heterocycles. The predicted molar refractivity (Wildman–Crippen MR) is 46.6 cm³/mol. The summed E-state index contributed by atoms with van der Waals surface area (Å²) in [5, 5.41) is 0.529. The van der Waals surface area contributed by atoms with Gasteiger partial charge in [-0.1, -0.05) is 0 Å². The summed E-state index contributed by atoms with van der Waals surface area (Å²) in [5.74, 6) is 0. The van der Waals surface area contributed by atoms with Crippen molar-refractivity contribution in [2.24, 2.45) is 0 Å². The van der Waals surface area contributed by atoms with E-state index in [1.807, 2.05) is 0 Å². The SMILES string of the molecule is FC(F)C(Cl)c1sccc1Br. The third-order valence-corrected chi connectivity index (χ3v) is 3.61. The summed E-state index contributed by atoms with van der Waals surface area (Å²) in [4.78, 5) is 0.488. The fraction of sp³-hybridized carbons (Fsp3) is 0.333. The van der Waals surface area contributed by atoms with Gasteiger partial charge >= 0.3 is 0 Å². The molecule has 1 unspecified atom stereocenters. The molecule has 0 spiro atoms. The zero-order chi connectivity index (χ0) is 8.43. The zero-order valence-electron chi connectivity index (χ0n) is 5.23. The first kappa shape index (κ1) is 9.42. The molecule has 0 saturated heterocycles. The summed E-state index contributed by atoms with van der Waals surface area (Å²) in [6, 6.07) is 1.71. The average Bonchev–Trinajstić information content (AvgIpc) is 2.33. The molecule has 1 aromatic rings. The van der Waals surface area contributed by atoms with Gasteiger partial charge in [-0.25, -0.2) is 8.78 Å². The molecule has 0 saturated carbocycles. The van der Waals surface area contributed by atoms with Crippen molar-refractivity contribution in [3.05, 3.63) is 20.8 Å². The van der Waals surface area contributed by atoms with Crippen LogP contribution in [-0.4, -0.2) is 6.43 Å². The third kappa shape index (κ3) is 2.13. The van der Waals surface area contributed by atoms with Crippen molar-refractivity contribution in [2.45, 2.75) is 11.8 Å². The molecule has 1 atom stereocenters. The molecule has 62 valence electrons. The maximum atomic E-state index is 12.0. The number of hydrogen-bond acceptors (Lipinski definition) is 1. The van der Waals surface area contributed by atoms with Gasteiger partial charge in [0.1, 0.15) is 5.38 Å². The average molecular weight is 262 g/mol. The van der Waals surface area contributed by atoms with Gasteiger partial charge < -0.3 is 0 Å². The Morgan fingerprint density at radius 1 is 1.55 bits per heavy atom. The smallest absolute Gasteiger partial charge is 0.208 e. The fourth-order valence-corrected chi connectivity index (χ4v) is 2.62. The number of hydrogen-bond donors (Lipinski definition) is 0. The molecule has 0 bridgehead atoms. The van der Waals surface area contributed by atoms with E-state index in [2.05, 4.69) is 15.9 Å². The van der Waals surface area contributed by atoms with Gasteiger partial charge in [-0.3, -0.25) is 0 Å². The summed E-state index contributed by atoms with van der Waals surface area (Å²) in [5.41, 5.74) is 0. The lowest BCUT2D eigenvalue weighted by Crippen LogP contribution is -1.99. The Bertz CT molecular complexity index is 238. The highest BCUT2D eigenvalue weighted by Gasteiger charge is 2.22. The summed E-state index contributed by atoms with van der Waals surface area (Å²) in [7, 11) is 0. The van der Waals surface area contributed by atoms with Gasteiger partial charge in [0.15, 0.2) is 0 Å². The predicted octanol–water partition coefficient (Wildman–Crippen LogP) is 4.06. The van der Waals surface area contributed by atoms with Crippen molar-refractivity contribution in [3.63, 3.8) is 0 Å². The van der Waals surface area contributed by atoms with Gasteiger partial charge in [0, 0.05) is 9.35 Å². The standard InChI is InChI=1S/C6H4BrClF2S/c7-3-1-2-11-5(3)4(8)6(9)10/h1-2,4,6H. The summed E-state index contributed by atoms with van der Waals surface area (Å²) >= 11 is 9.77. The Hall–Kier alpha value is 0.330. The molecule has 0 aliphatic carbocycles. The highest BCUT2D eigenvalue weighted by molar-refractivity contribution is 9.10. The van der Waals surface area contributed by atoms with E-state index in [9.17, 15) is 8.78 Å². The molecular formula is C6H4BrClF2S. The molecule has 1 rings (SSSR count). The molecule has 1 heterocycles. The van der Waals surface area contributed by atoms with Crippen LogP contribution in [0.2, 0.25) is 0 Å². The van der Waals surface area contributed by atoms with Crippen LogP contribution in [-0.2, 0) is 0 Å². The molecule has 5 heteroatoms. The third-order valence-electron chi connectivity index (χ3n) is 1.12. The van der Waals surface area contributed by atoms with Crippen LogP contribution in [0, 0.1) is 0 Å². The van der Waals surface area contributed by atoms with Crippen LogP contribution in [0.5, 0.6) is 0 Å². The van der Waals surface area contributed by atoms with Crippen LogP contribution in [0.25, 0.3) is 0 Å². The van der Waals surface area contributed by atoms with E-state index in [1.54, 1.807) is 11.4 Å². The van der Waals surface area contributed by atoms with Crippen molar-refractivity contribution >= 4 is 38.9 Å². The first-order valence-corrected chi connectivity index (χ1v) is 4.89. The van der Waals surface area contributed by atoms with Crippen LogP contribution in [0.15, 0.2) is 15.9 Å². The maximum Gasteiger partial charge on any atom is 0.259 e. The minimum atomic E-state index is -2.51. The van der Waals surface area contributed by atoms with E-state index in [-0.39, 0.29) is 0 Å². The monoisotopic (exact) mass is 260 g/mol. The van der Waals surface area contributed by atoms with E-state index in [4.69, 9.17) is 11.6 Å². The molecule has 0 fully saturated rings. The van der Waals surface area contributed by atoms with E-state index < -0.39 is 11.8 Å². The van der Waals surface area contributed by atoms with Gasteiger partial charge in [0.05, 0.1) is 0 Å². The Kier molecular flexibility index (Phi) is 3.28. The molecular weight excluding hydrogens is 257 g/mol. The van der Waals surface area contributed by atoms with E-state index in [0.29, 0.717) is 9.35 Å². The van der Waals surface area contributed by atoms with Crippen molar-refractivity contribution < 1.29 is 8.78 Å². The molecule has 0 aromatic carbocycles. The van der Waals surface area contributed by atoms with E-state index in [0.717, 1.165) is 0 Å². The van der Waals surface area contributed by atoms with Crippen LogP contribution in [0.3, 0.4) is 0 Å². The Labute approximate surface area is 80.3 Å². The van der Waals surface area contributed by atoms with Crippen LogP contribution in [0.4, 0.5) is 8.78 Å². The minimum absolute atomic E-state index is 0.488. The summed E-state index contributed by atoms with van der Waals surface area (Å²) in [6.07, 6.45) is -2.51. The lowest BCUT2D eigenvalue weighted by Gasteiger charge is -2.05. The quantitative estimate of drug-likeness (QED) is 0.705. The van der Waals surface area contributed by atoms with Crippen molar-refractivity contribution in [1.82, 2.24) is 0 Å². The van der Waals surface area contributed by atoms with Crippen LogP contribution in [0.1, 0.15) is 10.3 Å². The Balaban J connectivity index is 2.84. The highest BCUT2D eigenvalue weighted by Crippen LogP contribution is 2.36. The number of alkyl halides is 3. The molecule has 0 radical (unpaired) electrons. The van der Waals surface area contributed by atoms with Crippen molar-refractivity contribution in [1.29, 1.82) is 0 Å². The largest absolute Gasteiger partial charge is 0.259 e. The Morgan fingerprint density at radius 3 is 2.55 bits per heavy atom. The zero-order valence-corrected chi connectivity index (χ0v) is 8.39. The summed E-state index contributed by atoms with van der Waals surface area (Å²) < 4.78 is 24.7. The van der Waals surface area contributed by atoms with Crippen LogP contribution >= 0.6 is 38.9 Å². The molecule has 1 aromatic heterocycles. The first-order valence-electron chi connectivity index (χ1n) is 2.78. The number of rotatable bonds is 2. The van der Waals surface area contributed by atoms with Crippen molar-refractivity contribution in [2.75, 3.05) is 0 Å². The lowest BCUT2D eigenvalue weighted by molar-refractivity contribution is 0.144. The molecule has 11 heavy (non-hydrogen) atoms. The fourth-order valence-electron chi connectivity index (χ4n) is 0.617.